The lowest BCUT2D eigenvalue weighted by molar-refractivity contribution is -0.127. The first kappa shape index (κ1) is 21.7. The van der Waals surface area contributed by atoms with Crippen molar-refractivity contribution in [2.24, 2.45) is 5.92 Å². The van der Waals surface area contributed by atoms with E-state index in [9.17, 15) is 4.79 Å². The van der Waals surface area contributed by atoms with Crippen LogP contribution in [0.15, 0.2) is 36.4 Å². The van der Waals surface area contributed by atoms with Gasteiger partial charge in [-0.3, -0.25) is 9.69 Å². The van der Waals surface area contributed by atoms with Crippen molar-refractivity contribution in [3.63, 3.8) is 0 Å². The van der Waals surface area contributed by atoms with E-state index in [1.165, 1.54) is 42.4 Å². The lowest BCUT2D eigenvalue weighted by atomic mass is 9.89. The third-order valence-corrected chi connectivity index (χ3v) is 7.32. The van der Waals surface area contributed by atoms with E-state index in [1.807, 2.05) is 18.2 Å². The van der Waals surface area contributed by atoms with Gasteiger partial charge in [0.15, 0.2) is 0 Å². The molecule has 3 nitrogen and oxygen atoms in total. The maximum atomic E-state index is 12.9. The SMILES string of the molecule is CC(NC(=O)C1CCN(Cc2ccc(Cl)c(Cl)c2)CC1)c1ccc2c(c1)CCCC2. The van der Waals surface area contributed by atoms with Crippen LogP contribution in [0.4, 0.5) is 0 Å². The van der Waals surface area contributed by atoms with Crippen LogP contribution in [0.1, 0.15) is 60.9 Å². The fraction of sp³-hybridized carbons (Fsp3) is 0.480. The molecular weight excluding hydrogens is 415 g/mol. The van der Waals surface area contributed by atoms with Crippen molar-refractivity contribution in [2.75, 3.05) is 13.1 Å². The Bertz CT molecular complexity index is 906. The Morgan fingerprint density at radius 2 is 1.77 bits per heavy atom. The lowest BCUT2D eigenvalue weighted by Crippen LogP contribution is -2.40. The average Bonchev–Trinajstić information content (AvgIpc) is 2.76. The minimum Gasteiger partial charge on any atom is -0.349 e. The zero-order valence-corrected chi connectivity index (χ0v) is 19.1. The summed E-state index contributed by atoms with van der Waals surface area (Å²) in [5.74, 6) is 0.282. The summed E-state index contributed by atoms with van der Waals surface area (Å²) in [5.41, 5.74) is 5.34. The molecule has 1 amide bonds. The smallest absolute Gasteiger partial charge is 0.223 e. The molecule has 0 saturated carbocycles. The third kappa shape index (κ3) is 5.19. The van der Waals surface area contributed by atoms with Crippen LogP contribution in [-0.2, 0) is 24.2 Å². The maximum absolute atomic E-state index is 12.9. The molecule has 1 fully saturated rings. The Morgan fingerprint density at radius 1 is 1.03 bits per heavy atom. The first-order chi connectivity index (χ1) is 14.5. The van der Waals surface area contributed by atoms with Gasteiger partial charge in [0, 0.05) is 12.5 Å². The number of carbonyl (C=O) groups is 1. The van der Waals surface area contributed by atoms with Gasteiger partial charge in [-0.15, -0.1) is 0 Å². The number of aryl methyl sites for hydroxylation is 2. The number of nitrogens with one attached hydrogen (secondary N) is 1. The second-order valence-electron chi connectivity index (χ2n) is 8.76. The molecule has 1 heterocycles. The van der Waals surface area contributed by atoms with E-state index < -0.39 is 0 Å². The summed E-state index contributed by atoms with van der Waals surface area (Å²) in [7, 11) is 0. The number of halogens is 2. The molecule has 0 bridgehead atoms. The summed E-state index contributed by atoms with van der Waals surface area (Å²) < 4.78 is 0. The Morgan fingerprint density at radius 3 is 2.50 bits per heavy atom. The van der Waals surface area contributed by atoms with Gasteiger partial charge in [-0.25, -0.2) is 0 Å². The second-order valence-corrected chi connectivity index (χ2v) is 9.58. The molecule has 1 aliphatic heterocycles. The summed E-state index contributed by atoms with van der Waals surface area (Å²) in [6.45, 7) is 4.79. The molecule has 0 aromatic heterocycles. The molecule has 30 heavy (non-hydrogen) atoms. The molecule has 2 aromatic rings. The highest BCUT2D eigenvalue weighted by Gasteiger charge is 2.26. The molecule has 2 aromatic carbocycles. The lowest BCUT2D eigenvalue weighted by Gasteiger charge is -2.32. The number of likely N-dealkylation sites (tertiary alicyclic amines) is 1. The maximum Gasteiger partial charge on any atom is 0.223 e. The minimum atomic E-state index is 0.0546. The Kier molecular flexibility index (Phi) is 7.02. The van der Waals surface area contributed by atoms with Crippen LogP contribution < -0.4 is 5.32 Å². The predicted octanol–water partition coefficient (Wildman–Crippen LogP) is 5.96. The second kappa shape index (κ2) is 9.72. The van der Waals surface area contributed by atoms with Crippen LogP contribution in [0.2, 0.25) is 10.0 Å². The summed E-state index contributed by atoms with van der Waals surface area (Å²) in [6, 6.07) is 12.6. The topological polar surface area (TPSA) is 32.3 Å². The van der Waals surface area contributed by atoms with Gasteiger partial charge in [-0.2, -0.15) is 0 Å². The van der Waals surface area contributed by atoms with Crippen molar-refractivity contribution >= 4 is 29.1 Å². The molecule has 0 spiro atoms. The van der Waals surface area contributed by atoms with Gasteiger partial charge >= 0.3 is 0 Å². The number of benzene rings is 2. The van der Waals surface area contributed by atoms with Gasteiger partial charge in [0.05, 0.1) is 16.1 Å². The molecule has 1 N–H and O–H groups in total. The Labute approximate surface area is 189 Å². The van der Waals surface area contributed by atoms with Crippen LogP contribution in [0.25, 0.3) is 0 Å². The summed E-state index contributed by atoms with van der Waals surface area (Å²) in [6.07, 6.45) is 6.72. The zero-order valence-electron chi connectivity index (χ0n) is 17.6. The summed E-state index contributed by atoms with van der Waals surface area (Å²) >= 11 is 12.1. The number of nitrogens with zero attached hydrogens (tertiary/aromatic N) is 1. The van der Waals surface area contributed by atoms with E-state index in [1.54, 1.807) is 0 Å². The van der Waals surface area contributed by atoms with Crippen molar-refractivity contribution < 1.29 is 4.79 Å². The first-order valence-corrected chi connectivity index (χ1v) is 11.8. The molecule has 1 unspecified atom stereocenters. The summed E-state index contributed by atoms with van der Waals surface area (Å²) in [5, 5.41) is 4.45. The fourth-order valence-corrected chi connectivity index (χ4v) is 5.01. The number of hydrogen-bond donors (Lipinski definition) is 1. The average molecular weight is 445 g/mol. The van der Waals surface area contributed by atoms with Crippen molar-refractivity contribution in [1.29, 1.82) is 0 Å². The molecular formula is C25H30Cl2N2O. The molecule has 4 rings (SSSR count). The van der Waals surface area contributed by atoms with Crippen molar-refractivity contribution in [1.82, 2.24) is 10.2 Å². The van der Waals surface area contributed by atoms with E-state index in [2.05, 4.69) is 35.3 Å². The van der Waals surface area contributed by atoms with Crippen LogP contribution in [0, 0.1) is 5.92 Å². The Balaban J connectivity index is 1.28. The number of hydrogen-bond acceptors (Lipinski definition) is 2. The largest absolute Gasteiger partial charge is 0.349 e. The minimum absolute atomic E-state index is 0.0546. The summed E-state index contributed by atoms with van der Waals surface area (Å²) in [4.78, 5) is 15.2. The van der Waals surface area contributed by atoms with Gasteiger partial charge in [-0.05, 0) is 92.9 Å². The van der Waals surface area contributed by atoms with E-state index >= 15 is 0 Å². The standard InChI is InChI=1S/C25H30Cl2N2O/c1-17(21-8-7-19-4-2-3-5-22(19)15-21)28-25(30)20-10-12-29(13-11-20)16-18-6-9-23(26)24(27)14-18/h6-9,14-15,17,20H,2-5,10-13,16H2,1H3,(H,28,30). The van der Waals surface area contributed by atoms with E-state index in [-0.39, 0.29) is 17.9 Å². The predicted molar refractivity (Wildman–Crippen MR) is 124 cm³/mol. The highest BCUT2D eigenvalue weighted by Crippen LogP contribution is 2.27. The third-order valence-electron chi connectivity index (χ3n) is 6.58. The number of amides is 1. The highest BCUT2D eigenvalue weighted by atomic mass is 35.5. The number of piperidine rings is 1. The zero-order chi connectivity index (χ0) is 21.1. The molecule has 2 aliphatic rings. The number of fused-ring (bicyclic) bond motifs is 1. The quantitative estimate of drug-likeness (QED) is 0.616. The number of rotatable bonds is 5. The molecule has 1 aliphatic carbocycles. The number of carbonyl (C=O) groups excluding carboxylic acids is 1. The van der Waals surface area contributed by atoms with Crippen molar-refractivity contribution in [2.45, 2.75) is 58.0 Å². The van der Waals surface area contributed by atoms with Crippen molar-refractivity contribution in [3.8, 4) is 0 Å². The van der Waals surface area contributed by atoms with Crippen LogP contribution in [-0.4, -0.2) is 23.9 Å². The molecule has 1 saturated heterocycles. The van der Waals surface area contributed by atoms with Crippen molar-refractivity contribution in [3.05, 3.63) is 68.7 Å². The van der Waals surface area contributed by atoms with Crippen LogP contribution in [0.5, 0.6) is 0 Å². The molecule has 160 valence electrons. The van der Waals surface area contributed by atoms with Gasteiger partial charge in [-0.1, -0.05) is 47.5 Å². The van der Waals surface area contributed by atoms with Gasteiger partial charge in [0.25, 0.3) is 0 Å². The van der Waals surface area contributed by atoms with E-state index in [0.29, 0.717) is 10.0 Å². The Hall–Kier alpha value is -1.55. The fourth-order valence-electron chi connectivity index (χ4n) is 4.69. The normalized spacial score (nSPS) is 18.6. The molecule has 1 atom stereocenters. The van der Waals surface area contributed by atoms with Gasteiger partial charge < -0.3 is 5.32 Å². The van der Waals surface area contributed by atoms with E-state index in [0.717, 1.165) is 38.0 Å². The van der Waals surface area contributed by atoms with E-state index in [4.69, 9.17) is 23.2 Å². The van der Waals surface area contributed by atoms with Gasteiger partial charge in [0.1, 0.15) is 0 Å². The monoisotopic (exact) mass is 444 g/mol. The van der Waals surface area contributed by atoms with Crippen LogP contribution in [0.3, 0.4) is 0 Å². The van der Waals surface area contributed by atoms with Crippen LogP contribution >= 0.6 is 23.2 Å². The first-order valence-electron chi connectivity index (χ1n) is 11.1. The highest BCUT2D eigenvalue weighted by molar-refractivity contribution is 6.42. The molecule has 5 heteroatoms. The molecule has 0 radical (unpaired) electrons. The van der Waals surface area contributed by atoms with Gasteiger partial charge in [0.2, 0.25) is 5.91 Å².